The van der Waals surface area contributed by atoms with Gasteiger partial charge in [0.05, 0.1) is 0 Å². The third-order valence-corrected chi connectivity index (χ3v) is 3.66. The Morgan fingerprint density at radius 1 is 1.44 bits per heavy atom. The molecule has 88 valence electrons. The summed E-state index contributed by atoms with van der Waals surface area (Å²) < 4.78 is 0. The fourth-order valence-electron chi connectivity index (χ4n) is 2.59. The van der Waals surface area contributed by atoms with Gasteiger partial charge in [0.25, 0.3) is 0 Å². The zero-order valence-electron chi connectivity index (χ0n) is 10.4. The number of hydrogen-bond donors (Lipinski definition) is 1. The van der Waals surface area contributed by atoms with Crippen LogP contribution >= 0.6 is 0 Å². The minimum atomic E-state index is 0.761. The normalized spacial score (nSPS) is 24.9. The molecule has 16 heavy (non-hydrogen) atoms. The molecule has 2 rings (SSSR count). The van der Waals surface area contributed by atoms with Crippen LogP contribution in [-0.2, 0) is 6.42 Å². The zero-order valence-corrected chi connectivity index (χ0v) is 10.4. The average molecular weight is 218 g/mol. The molecule has 0 amide bonds. The number of aryl methyl sites for hydroxylation is 1. The van der Waals surface area contributed by atoms with Gasteiger partial charge in [0.2, 0.25) is 0 Å². The lowest BCUT2D eigenvalue weighted by Crippen LogP contribution is -2.28. The van der Waals surface area contributed by atoms with E-state index in [2.05, 4.69) is 30.2 Å². The van der Waals surface area contributed by atoms with E-state index < -0.39 is 0 Å². The lowest BCUT2D eigenvalue weighted by molar-refractivity contribution is 0.505. The Kier molecular flexibility index (Phi) is 3.94. The van der Waals surface area contributed by atoms with Crippen molar-refractivity contribution in [3.05, 3.63) is 29.6 Å². The van der Waals surface area contributed by atoms with E-state index >= 15 is 0 Å². The first kappa shape index (κ1) is 11.6. The molecular weight excluding hydrogens is 196 g/mol. The maximum atomic E-state index is 4.12. The smallest absolute Gasteiger partial charge is 0.0299 e. The third-order valence-electron chi connectivity index (χ3n) is 3.66. The standard InChI is InChI=1S/C14H22N2/c1-11-3-4-14(9-11)16-8-6-13-5-7-15-10-12(13)2/h5,7,10-11,14,16H,3-4,6,8-9H2,1-2H3. The second-order valence-electron chi connectivity index (χ2n) is 5.12. The molecule has 2 unspecified atom stereocenters. The number of aromatic nitrogens is 1. The number of nitrogens with one attached hydrogen (secondary N) is 1. The van der Waals surface area contributed by atoms with Crippen LogP contribution in [0.2, 0.25) is 0 Å². The molecule has 0 spiro atoms. The van der Waals surface area contributed by atoms with Crippen molar-refractivity contribution in [2.24, 2.45) is 5.92 Å². The minimum absolute atomic E-state index is 0.761. The van der Waals surface area contributed by atoms with Gasteiger partial charge in [-0.1, -0.05) is 6.92 Å². The van der Waals surface area contributed by atoms with Crippen LogP contribution in [0, 0.1) is 12.8 Å². The van der Waals surface area contributed by atoms with E-state index in [4.69, 9.17) is 0 Å². The van der Waals surface area contributed by atoms with E-state index in [9.17, 15) is 0 Å². The van der Waals surface area contributed by atoms with Crippen LogP contribution in [0.3, 0.4) is 0 Å². The molecule has 0 saturated heterocycles. The van der Waals surface area contributed by atoms with E-state index in [0.29, 0.717) is 0 Å². The topological polar surface area (TPSA) is 24.9 Å². The maximum Gasteiger partial charge on any atom is 0.0299 e. The Morgan fingerprint density at radius 3 is 3.00 bits per heavy atom. The number of pyridine rings is 1. The van der Waals surface area contributed by atoms with Crippen molar-refractivity contribution in [3.8, 4) is 0 Å². The predicted molar refractivity (Wildman–Crippen MR) is 67.5 cm³/mol. The molecule has 1 heterocycles. The molecule has 0 aliphatic heterocycles. The summed E-state index contributed by atoms with van der Waals surface area (Å²) in [5, 5.41) is 3.67. The molecule has 0 bridgehead atoms. The predicted octanol–water partition coefficient (Wildman–Crippen LogP) is 2.71. The first-order chi connectivity index (χ1) is 7.75. The van der Waals surface area contributed by atoms with Crippen LogP contribution < -0.4 is 5.32 Å². The maximum absolute atomic E-state index is 4.12. The quantitative estimate of drug-likeness (QED) is 0.840. The van der Waals surface area contributed by atoms with Crippen molar-refractivity contribution in [1.82, 2.24) is 10.3 Å². The zero-order chi connectivity index (χ0) is 11.4. The second kappa shape index (κ2) is 5.44. The van der Waals surface area contributed by atoms with Crippen molar-refractivity contribution in [3.63, 3.8) is 0 Å². The summed E-state index contributed by atoms with van der Waals surface area (Å²) in [4.78, 5) is 4.12. The van der Waals surface area contributed by atoms with E-state index in [0.717, 1.165) is 24.9 Å². The summed E-state index contributed by atoms with van der Waals surface area (Å²) >= 11 is 0. The fraction of sp³-hybridized carbons (Fsp3) is 0.643. The molecule has 1 aromatic heterocycles. The van der Waals surface area contributed by atoms with Crippen molar-refractivity contribution in [2.75, 3.05) is 6.54 Å². The van der Waals surface area contributed by atoms with Crippen LogP contribution in [-0.4, -0.2) is 17.6 Å². The largest absolute Gasteiger partial charge is 0.314 e. The molecule has 2 atom stereocenters. The van der Waals surface area contributed by atoms with Gasteiger partial charge in [-0.25, -0.2) is 0 Å². The SMILES string of the molecule is Cc1cnccc1CCNC1CCC(C)C1. The molecule has 1 saturated carbocycles. The number of nitrogens with zero attached hydrogens (tertiary/aromatic N) is 1. The third kappa shape index (κ3) is 3.05. The lowest BCUT2D eigenvalue weighted by atomic mass is 10.1. The van der Waals surface area contributed by atoms with E-state index in [1.54, 1.807) is 0 Å². The highest BCUT2D eigenvalue weighted by molar-refractivity contribution is 5.21. The van der Waals surface area contributed by atoms with Gasteiger partial charge >= 0.3 is 0 Å². The molecule has 1 aromatic rings. The Labute approximate surface area is 98.5 Å². The number of hydrogen-bond acceptors (Lipinski definition) is 2. The molecule has 1 aliphatic carbocycles. The molecule has 2 heteroatoms. The van der Waals surface area contributed by atoms with Crippen LogP contribution in [0.25, 0.3) is 0 Å². The highest BCUT2D eigenvalue weighted by Crippen LogP contribution is 2.24. The Hall–Kier alpha value is -0.890. The van der Waals surface area contributed by atoms with Gasteiger partial charge in [0.15, 0.2) is 0 Å². The Balaban J connectivity index is 1.74. The van der Waals surface area contributed by atoms with Crippen molar-refractivity contribution < 1.29 is 0 Å². The highest BCUT2D eigenvalue weighted by Gasteiger charge is 2.20. The highest BCUT2D eigenvalue weighted by atomic mass is 14.9. The van der Waals surface area contributed by atoms with Gasteiger partial charge in [-0.2, -0.15) is 0 Å². The van der Waals surface area contributed by atoms with Gasteiger partial charge in [0, 0.05) is 18.4 Å². The molecule has 1 N–H and O–H groups in total. The van der Waals surface area contributed by atoms with Crippen molar-refractivity contribution in [1.29, 1.82) is 0 Å². The molecule has 2 nitrogen and oxygen atoms in total. The van der Waals surface area contributed by atoms with Crippen molar-refractivity contribution in [2.45, 2.75) is 45.6 Å². The first-order valence-electron chi connectivity index (χ1n) is 6.38. The van der Waals surface area contributed by atoms with E-state index in [-0.39, 0.29) is 0 Å². The molecular formula is C14H22N2. The molecule has 1 aliphatic rings. The fourth-order valence-corrected chi connectivity index (χ4v) is 2.59. The second-order valence-corrected chi connectivity index (χ2v) is 5.12. The summed E-state index contributed by atoms with van der Waals surface area (Å²) in [6.07, 6.45) is 9.07. The molecule has 1 fully saturated rings. The minimum Gasteiger partial charge on any atom is -0.314 e. The van der Waals surface area contributed by atoms with Gasteiger partial charge in [-0.15, -0.1) is 0 Å². The number of rotatable bonds is 4. The lowest BCUT2D eigenvalue weighted by Gasteiger charge is -2.12. The van der Waals surface area contributed by atoms with Gasteiger partial charge < -0.3 is 5.32 Å². The van der Waals surface area contributed by atoms with E-state index in [1.807, 2.05) is 12.4 Å². The van der Waals surface area contributed by atoms with Crippen molar-refractivity contribution >= 4 is 0 Å². The summed E-state index contributed by atoms with van der Waals surface area (Å²) in [6.45, 7) is 5.59. The van der Waals surface area contributed by atoms with E-state index in [1.165, 1.54) is 30.4 Å². The van der Waals surface area contributed by atoms with Gasteiger partial charge in [-0.05, 0) is 62.3 Å². The van der Waals surface area contributed by atoms with Crippen LogP contribution in [0.4, 0.5) is 0 Å². The average Bonchev–Trinajstić information content (AvgIpc) is 2.67. The summed E-state index contributed by atoms with van der Waals surface area (Å²) in [7, 11) is 0. The first-order valence-corrected chi connectivity index (χ1v) is 6.38. The van der Waals surface area contributed by atoms with Gasteiger partial charge in [0.1, 0.15) is 0 Å². The monoisotopic (exact) mass is 218 g/mol. The van der Waals surface area contributed by atoms with Crippen LogP contribution in [0.1, 0.15) is 37.3 Å². The van der Waals surface area contributed by atoms with Crippen LogP contribution in [0.5, 0.6) is 0 Å². The molecule has 0 aromatic carbocycles. The summed E-state index contributed by atoms with van der Waals surface area (Å²) in [5.74, 6) is 0.917. The summed E-state index contributed by atoms with van der Waals surface area (Å²) in [5.41, 5.74) is 2.73. The van der Waals surface area contributed by atoms with Crippen LogP contribution in [0.15, 0.2) is 18.5 Å². The Morgan fingerprint density at radius 2 is 2.31 bits per heavy atom. The molecule has 0 radical (unpaired) electrons. The summed E-state index contributed by atoms with van der Waals surface area (Å²) in [6, 6.07) is 2.89. The Bertz CT molecular complexity index is 335. The van der Waals surface area contributed by atoms with Gasteiger partial charge in [-0.3, -0.25) is 4.98 Å².